The zero-order valence-electron chi connectivity index (χ0n) is 22.4. The van der Waals surface area contributed by atoms with Gasteiger partial charge >= 0.3 is 0 Å². The highest BCUT2D eigenvalue weighted by Crippen LogP contribution is 2.54. The standard InChI is InChI=1S/C28H40N6O4/c1-26(2,18-35)32-22-8-7-20(24(30-22)33-15-12-27(10-11-27)13-16-33)25(37)31-21-5-3-6-23(29-21)34-14-4-9-28(38,17-34)19-36/h3,5-8,35-36,38H,4,9-19H2,1-2H3,(H,30,32)(H,29,31,37). The second-order valence-corrected chi connectivity index (χ2v) is 12.0. The molecule has 0 bridgehead atoms. The van der Waals surface area contributed by atoms with Crippen molar-refractivity contribution in [1.82, 2.24) is 9.97 Å². The lowest BCUT2D eigenvalue weighted by molar-refractivity contribution is -0.0242. The summed E-state index contributed by atoms with van der Waals surface area (Å²) in [6.45, 7) is 6.17. The molecule has 38 heavy (non-hydrogen) atoms. The Kier molecular flexibility index (Phi) is 7.23. The Morgan fingerprint density at radius 1 is 0.974 bits per heavy atom. The molecule has 1 atom stereocenters. The van der Waals surface area contributed by atoms with E-state index in [4.69, 9.17) is 4.98 Å². The smallest absolute Gasteiger partial charge is 0.260 e. The van der Waals surface area contributed by atoms with Crippen molar-refractivity contribution >= 4 is 29.2 Å². The number of aromatic nitrogens is 2. The molecule has 2 aliphatic heterocycles. The van der Waals surface area contributed by atoms with E-state index in [1.54, 1.807) is 18.2 Å². The van der Waals surface area contributed by atoms with Crippen molar-refractivity contribution in [3.63, 3.8) is 0 Å². The van der Waals surface area contributed by atoms with Gasteiger partial charge in [-0.3, -0.25) is 4.79 Å². The number of β-amino-alcohol motifs (C(OH)–C–C–N with tert-alkyl or cyclic N) is 1. The van der Waals surface area contributed by atoms with Crippen LogP contribution in [0.4, 0.5) is 23.3 Å². The van der Waals surface area contributed by atoms with Gasteiger partial charge in [-0.05, 0) is 82.1 Å². The lowest BCUT2D eigenvalue weighted by atomic mass is 9.93. The van der Waals surface area contributed by atoms with Crippen LogP contribution in [0.1, 0.15) is 62.7 Å². The number of nitrogens with one attached hydrogen (secondary N) is 2. The fourth-order valence-electron chi connectivity index (χ4n) is 5.48. The first-order valence-electron chi connectivity index (χ1n) is 13.6. The molecule has 0 aromatic carbocycles. The molecule has 1 unspecified atom stereocenters. The van der Waals surface area contributed by atoms with E-state index in [9.17, 15) is 20.1 Å². The van der Waals surface area contributed by atoms with Gasteiger partial charge in [-0.2, -0.15) is 0 Å². The Morgan fingerprint density at radius 3 is 2.42 bits per heavy atom. The number of pyridine rings is 2. The van der Waals surface area contributed by atoms with Gasteiger partial charge in [0.15, 0.2) is 0 Å². The molecule has 5 rings (SSSR count). The number of nitrogens with zero attached hydrogens (tertiary/aromatic N) is 4. The third kappa shape index (κ3) is 5.87. The zero-order valence-corrected chi connectivity index (χ0v) is 22.4. The maximum Gasteiger partial charge on any atom is 0.260 e. The summed E-state index contributed by atoms with van der Waals surface area (Å²) in [6.07, 6.45) is 6.09. The van der Waals surface area contributed by atoms with Gasteiger partial charge in [0.2, 0.25) is 0 Å². The molecule has 1 spiro atoms. The van der Waals surface area contributed by atoms with Crippen LogP contribution in [0.5, 0.6) is 0 Å². The lowest BCUT2D eigenvalue weighted by Gasteiger charge is -2.38. The summed E-state index contributed by atoms with van der Waals surface area (Å²) in [4.78, 5) is 27.2. The third-order valence-electron chi connectivity index (χ3n) is 8.21. The number of aliphatic hydroxyl groups excluding tert-OH is 2. The Hall–Kier alpha value is -2.95. The molecule has 10 nitrogen and oxygen atoms in total. The first-order chi connectivity index (χ1) is 18.1. The molecular formula is C28H40N6O4. The van der Waals surface area contributed by atoms with Crippen LogP contribution in [0.15, 0.2) is 30.3 Å². The largest absolute Gasteiger partial charge is 0.394 e. The van der Waals surface area contributed by atoms with Crippen LogP contribution < -0.4 is 20.4 Å². The highest BCUT2D eigenvalue weighted by atomic mass is 16.3. The summed E-state index contributed by atoms with van der Waals surface area (Å²) in [7, 11) is 0. The van der Waals surface area contributed by atoms with Gasteiger partial charge in [0.25, 0.3) is 5.91 Å². The van der Waals surface area contributed by atoms with Crippen molar-refractivity contribution in [2.45, 2.75) is 63.5 Å². The van der Waals surface area contributed by atoms with E-state index >= 15 is 0 Å². The Labute approximate surface area is 224 Å². The number of hydrogen-bond donors (Lipinski definition) is 5. The molecule has 4 heterocycles. The predicted molar refractivity (Wildman–Crippen MR) is 148 cm³/mol. The summed E-state index contributed by atoms with van der Waals surface area (Å²) >= 11 is 0. The van der Waals surface area contributed by atoms with E-state index in [0.717, 1.165) is 38.9 Å². The molecule has 5 N–H and O–H groups in total. The summed E-state index contributed by atoms with van der Waals surface area (Å²) in [6, 6.07) is 8.97. The molecule has 10 heteroatoms. The number of carbonyl (C=O) groups excluding carboxylic acids is 1. The first kappa shape index (κ1) is 26.6. The summed E-state index contributed by atoms with van der Waals surface area (Å²) in [5.74, 6) is 2.02. The molecule has 0 radical (unpaired) electrons. The van der Waals surface area contributed by atoms with Crippen molar-refractivity contribution in [2.24, 2.45) is 5.41 Å². The van der Waals surface area contributed by atoms with Gasteiger partial charge in [-0.1, -0.05) is 6.07 Å². The van der Waals surface area contributed by atoms with E-state index in [2.05, 4.69) is 20.5 Å². The van der Waals surface area contributed by atoms with Gasteiger partial charge in [0.05, 0.1) is 30.9 Å². The van der Waals surface area contributed by atoms with Gasteiger partial charge < -0.3 is 35.8 Å². The molecule has 3 fully saturated rings. The zero-order chi connectivity index (χ0) is 27.0. The van der Waals surface area contributed by atoms with Crippen molar-refractivity contribution < 1.29 is 20.1 Å². The highest BCUT2D eigenvalue weighted by molar-refractivity contribution is 6.07. The quantitative estimate of drug-likeness (QED) is 0.353. The van der Waals surface area contributed by atoms with Gasteiger partial charge in [0.1, 0.15) is 28.9 Å². The summed E-state index contributed by atoms with van der Waals surface area (Å²) in [5, 5.41) is 36.1. The Morgan fingerprint density at radius 2 is 1.74 bits per heavy atom. The van der Waals surface area contributed by atoms with Crippen molar-refractivity contribution in [3.05, 3.63) is 35.9 Å². The number of aliphatic hydroxyl groups is 3. The van der Waals surface area contributed by atoms with E-state index in [0.29, 0.717) is 40.7 Å². The second-order valence-electron chi connectivity index (χ2n) is 12.0. The maximum absolute atomic E-state index is 13.5. The summed E-state index contributed by atoms with van der Waals surface area (Å²) in [5.41, 5.74) is -0.721. The van der Waals surface area contributed by atoms with Gasteiger partial charge in [0, 0.05) is 19.6 Å². The van der Waals surface area contributed by atoms with Gasteiger partial charge in [-0.15, -0.1) is 0 Å². The molecule has 1 amide bonds. The van der Waals surface area contributed by atoms with Crippen molar-refractivity contribution in [2.75, 3.05) is 59.8 Å². The number of carbonyl (C=O) groups is 1. The van der Waals surface area contributed by atoms with Crippen LogP contribution in [0, 0.1) is 5.41 Å². The second kappa shape index (κ2) is 10.3. The van der Waals surface area contributed by atoms with E-state index in [-0.39, 0.29) is 25.7 Å². The Balaban J connectivity index is 1.37. The first-order valence-corrected chi connectivity index (χ1v) is 13.6. The van der Waals surface area contributed by atoms with Crippen molar-refractivity contribution in [1.29, 1.82) is 0 Å². The minimum absolute atomic E-state index is 0.0484. The fourth-order valence-corrected chi connectivity index (χ4v) is 5.48. The average molecular weight is 525 g/mol. The normalized spacial score (nSPS) is 22.9. The molecule has 3 aliphatic rings. The topological polar surface area (TPSA) is 134 Å². The third-order valence-corrected chi connectivity index (χ3v) is 8.21. The maximum atomic E-state index is 13.5. The molecule has 2 aromatic heterocycles. The van der Waals surface area contributed by atoms with Crippen LogP contribution >= 0.6 is 0 Å². The average Bonchev–Trinajstić information content (AvgIpc) is 3.67. The molecule has 2 aromatic rings. The minimum atomic E-state index is -1.15. The van der Waals surface area contributed by atoms with Crippen LogP contribution in [-0.2, 0) is 0 Å². The predicted octanol–water partition coefficient (Wildman–Crippen LogP) is 2.62. The molecule has 1 aliphatic carbocycles. The summed E-state index contributed by atoms with van der Waals surface area (Å²) < 4.78 is 0. The SMILES string of the molecule is CC(C)(CO)Nc1ccc(C(=O)Nc2cccc(N3CCCC(O)(CO)C3)n2)c(N2CCC3(CC2)CC3)n1. The van der Waals surface area contributed by atoms with Gasteiger partial charge in [-0.25, -0.2) is 9.97 Å². The monoisotopic (exact) mass is 524 g/mol. The number of piperidine rings is 2. The molecule has 206 valence electrons. The van der Waals surface area contributed by atoms with Crippen molar-refractivity contribution in [3.8, 4) is 0 Å². The molecular weight excluding hydrogens is 484 g/mol. The van der Waals surface area contributed by atoms with Crippen LogP contribution in [0.3, 0.4) is 0 Å². The Bertz CT molecular complexity index is 1160. The molecule has 1 saturated carbocycles. The number of hydrogen-bond acceptors (Lipinski definition) is 9. The van der Waals surface area contributed by atoms with E-state index in [1.165, 1.54) is 12.8 Å². The van der Waals surface area contributed by atoms with E-state index in [1.807, 2.05) is 30.9 Å². The number of anilines is 4. The highest BCUT2D eigenvalue weighted by Gasteiger charge is 2.45. The van der Waals surface area contributed by atoms with Crippen LogP contribution in [0.25, 0.3) is 0 Å². The van der Waals surface area contributed by atoms with E-state index < -0.39 is 11.1 Å². The molecule has 2 saturated heterocycles. The minimum Gasteiger partial charge on any atom is -0.394 e. The fraction of sp³-hybridized carbons (Fsp3) is 0.607. The lowest BCUT2D eigenvalue weighted by Crippen LogP contribution is -2.50. The van der Waals surface area contributed by atoms with Crippen LogP contribution in [0.2, 0.25) is 0 Å². The van der Waals surface area contributed by atoms with Crippen LogP contribution in [-0.4, -0.2) is 81.7 Å². The number of rotatable bonds is 8. The number of amides is 1.